The Morgan fingerprint density at radius 2 is 1.79 bits per heavy atom. The standard InChI is InChI=1S/C15H20O4/c1-15(2,14(17)18-3)13(16)9-10-19-11-12-7-5-4-6-8-12/h4-8H,9-11H2,1-3H3. The largest absolute Gasteiger partial charge is 0.468 e. The van der Waals surface area contributed by atoms with Gasteiger partial charge in [-0.3, -0.25) is 9.59 Å². The molecule has 1 rings (SSSR count). The monoisotopic (exact) mass is 264 g/mol. The molecule has 0 heterocycles. The van der Waals surface area contributed by atoms with Gasteiger partial charge in [0.2, 0.25) is 0 Å². The maximum atomic E-state index is 11.9. The van der Waals surface area contributed by atoms with Gasteiger partial charge in [0.1, 0.15) is 5.41 Å². The molecule has 0 saturated carbocycles. The number of benzene rings is 1. The number of rotatable bonds is 7. The van der Waals surface area contributed by atoms with Gasteiger partial charge in [-0.05, 0) is 19.4 Å². The second-order valence-electron chi connectivity index (χ2n) is 4.83. The van der Waals surface area contributed by atoms with Crippen LogP contribution in [-0.4, -0.2) is 25.5 Å². The molecule has 0 aliphatic heterocycles. The predicted molar refractivity (Wildman–Crippen MR) is 71.5 cm³/mol. The number of carbonyl (C=O) groups excluding carboxylic acids is 2. The van der Waals surface area contributed by atoms with Crippen molar-refractivity contribution in [1.82, 2.24) is 0 Å². The zero-order valence-corrected chi connectivity index (χ0v) is 11.6. The van der Waals surface area contributed by atoms with E-state index in [0.29, 0.717) is 13.2 Å². The van der Waals surface area contributed by atoms with E-state index < -0.39 is 11.4 Å². The van der Waals surface area contributed by atoms with Crippen LogP contribution in [0.25, 0.3) is 0 Å². The first-order valence-electron chi connectivity index (χ1n) is 6.22. The van der Waals surface area contributed by atoms with Crippen LogP contribution in [0.5, 0.6) is 0 Å². The van der Waals surface area contributed by atoms with Crippen LogP contribution in [0.15, 0.2) is 30.3 Å². The molecule has 0 aromatic heterocycles. The zero-order valence-electron chi connectivity index (χ0n) is 11.6. The number of esters is 1. The molecular formula is C15H20O4. The lowest BCUT2D eigenvalue weighted by molar-refractivity contribution is -0.156. The molecule has 0 saturated heterocycles. The molecule has 0 aliphatic rings. The number of ether oxygens (including phenoxy) is 2. The Kier molecular flexibility index (Phi) is 5.70. The van der Waals surface area contributed by atoms with E-state index in [0.717, 1.165) is 5.56 Å². The van der Waals surface area contributed by atoms with Crippen molar-refractivity contribution in [2.75, 3.05) is 13.7 Å². The maximum Gasteiger partial charge on any atom is 0.318 e. The minimum absolute atomic E-state index is 0.174. The van der Waals surface area contributed by atoms with Crippen molar-refractivity contribution < 1.29 is 19.1 Å². The van der Waals surface area contributed by atoms with Crippen molar-refractivity contribution in [1.29, 1.82) is 0 Å². The van der Waals surface area contributed by atoms with Gasteiger partial charge in [-0.25, -0.2) is 0 Å². The molecule has 0 aliphatic carbocycles. The summed E-state index contributed by atoms with van der Waals surface area (Å²) in [4.78, 5) is 23.3. The van der Waals surface area contributed by atoms with Gasteiger partial charge in [-0.15, -0.1) is 0 Å². The van der Waals surface area contributed by atoms with Crippen LogP contribution >= 0.6 is 0 Å². The number of Topliss-reactive ketones (excluding diaryl/α,β-unsaturated/α-hetero) is 1. The number of carbonyl (C=O) groups is 2. The molecule has 0 atom stereocenters. The topological polar surface area (TPSA) is 52.6 Å². The van der Waals surface area contributed by atoms with E-state index >= 15 is 0 Å². The van der Waals surface area contributed by atoms with E-state index in [1.54, 1.807) is 13.8 Å². The van der Waals surface area contributed by atoms with Crippen LogP contribution in [0.2, 0.25) is 0 Å². The Labute approximate surface area is 113 Å². The summed E-state index contributed by atoms with van der Waals surface area (Å²) in [5.41, 5.74) is -0.0487. The van der Waals surface area contributed by atoms with Crippen LogP contribution in [-0.2, 0) is 25.7 Å². The second-order valence-corrected chi connectivity index (χ2v) is 4.83. The Morgan fingerprint density at radius 1 is 1.16 bits per heavy atom. The first-order chi connectivity index (χ1) is 8.98. The average Bonchev–Trinajstić information content (AvgIpc) is 2.43. The fourth-order valence-electron chi connectivity index (χ4n) is 1.61. The van der Waals surface area contributed by atoms with Gasteiger partial charge in [0.15, 0.2) is 5.78 Å². The molecule has 0 unspecified atom stereocenters. The molecule has 4 heteroatoms. The molecular weight excluding hydrogens is 244 g/mol. The summed E-state index contributed by atoms with van der Waals surface area (Å²) >= 11 is 0. The van der Waals surface area contributed by atoms with Gasteiger partial charge in [0.25, 0.3) is 0 Å². The van der Waals surface area contributed by atoms with Crippen molar-refractivity contribution >= 4 is 11.8 Å². The molecule has 4 nitrogen and oxygen atoms in total. The van der Waals surface area contributed by atoms with Crippen LogP contribution in [0.3, 0.4) is 0 Å². The summed E-state index contributed by atoms with van der Waals surface area (Å²) in [5.74, 6) is -0.687. The van der Waals surface area contributed by atoms with E-state index in [4.69, 9.17) is 4.74 Å². The highest BCUT2D eigenvalue weighted by atomic mass is 16.5. The Balaban J connectivity index is 2.33. The number of ketones is 1. The highest BCUT2D eigenvalue weighted by Gasteiger charge is 2.36. The molecule has 1 aromatic carbocycles. The lowest BCUT2D eigenvalue weighted by atomic mass is 9.86. The number of methoxy groups -OCH3 is 1. The Hall–Kier alpha value is -1.68. The van der Waals surface area contributed by atoms with Crippen molar-refractivity contribution in [3.63, 3.8) is 0 Å². The molecule has 0 radical (unpaired) electrons. The summed E-state index contributed by atoms with van der Waals surface area (Å²) in [5, 5.41) is 0. The normalized spacial score (nSPS) is 11.1. The summed E-state index contributed by atoms with van der Waals surface area (Å²) in [7, 11) is 1.28. The molecule has 104 valence electrons. The highest BCUT2D eigenvalue weighted by molar-refractivity contribution is 6.02. The van der Waals surface area contributed by atoms with Gasteiger partial charge >= 0.3 is 5.97 Å². The maximum absolute atomic E-state index is 11.9. The molecule has 1 aromatic rings. The van der Waals surface area contributed by atoms with Crippen molar-refractivity contribution in [3.05, 3.63) is 35.9 Å². The highest BCUT2D eigenvalue weighted by Crippen LogP contribution is 2.20. The molecule has 0 bridgehead atoms. The molecule has 0 N–H and O–H groups in total. The lowest BCUT2D eigenvalue weighted by Gasteiger charge is -2.19. The quantitative estimate of drug-likeness (QED) is 0.431. The molecule has 0 fully saturated rings. The van der Waals surface area contributed by atoms with E-state index in [-0.39, 0.29) is 12.2 Å². The second kappa shape index (κ2) is 7.04. The fraction of sp³-hybridized carbons (Fsp3) is 0.467. The first-order valence-corrected chi connectivity index (χ1v) is 6.22. The fourth-order valence-corrected chi connectivity index (χ4v) is 1.61. The molecule has 0 spiro atoms. The van der Waals surface area contributed by atoms with E-state index in [1.807, 2.05) is 30.3 Å². The Bertz CT molecular complexity index is 423. The van der Waals surface area contributed by atoms with Crippen LogP contribution in [0.1, 0.15) is 25.8 Å². The van der Waals surface area contributed by atoms with Gasteiger partial charge in [-0.1, -0.05) is 30.3 Å². The third-order valence-corrected chi connectivity index (χ3v) is 2.98. The minimum atomic E-state index is -1.11. The Morgan fingerprint density at radius 3 is 2.37 bits per heavy atom. The van der Waals surface area contributed by atoms with Gasteiger partial charge in [0.05, 0.1) is 20.3 Å². The van der Waals surface area contributed by atoms with Gasteiger partial charge < -0.3 is 9.47 Å². The van der Waals surface area contributed by atoms with E-state index in [9.17, 15) is 9.59 Å². The minimum Gasteiger partial charge on any atom is -0.468 e. The summed E-state index contributed by atoms with van der Waals surface area (Å²) in [6.45, 7) is 3.90. The van der Waals surface area contributed by atoms with Gasteiger partial charge in [0, 0.05) is 6.42 Å². The number of hydrogen-bond acceptors (Lipinski definition) is 4. The van der Waals surface area contributed by atoms with E-state index in [1.165, 1.54) is 7.11 Å². The number of hydrogen-bond donors (Lipinski definition) is 0. The van der Waals surface area contributed by atoms with Crippen molar-refractivity contribution in [2.45, 2.75) is 26.9 Å². The van der Waals surface area contributed by atoms with Crippen LogP contribution in [0, 0.1) is 5.41 Å². The third kappa shape index (κ3) is 4.48. The smallest absolute Gasteiger partial charge is 0.318 e. The lowest BCUT2D eigenvalue weighted by Crippen LogP contribution is -2.35. The van der Waals surface area contributed by atoms with Crippen LogP contribution < -0.4 is 0 Å². The molecule has 19 heavy (non-hydrogen) atoms. The average molecular weight is 264 g/mol. The van der Waals surface area contributed by atoms with E-state index in [2.05, 4.69) is 4.74 Å². The predicted octanol–water partition coefficient (Wildman–Crippen LogP) is 2.36. The third-order valence-electron chi connectivity index (χ3n) is 2.98. The van der Waals surface area contributed by atoms with Crippen molar-refractivity contribution in [3.8, 4) is 0 Å². The van der Waals surface area contributed by atoms with Gasteiger partial charge in [-0.2, -0.15) is 0 Å². The first kappa shape index (κ1) is 15.4. The summed E-state index contributed by atoms with van der Waals surface area (Å²) < 4.78 is 10.0. The zero-order chi connectivity index (χ0) is 14.3. The summed E-state index contributed by atoms with van der Waals surface area (Å²) in [6.07, 6.45) is 0.203. The summed E-state index contributed by atoms with van der Waals surface area (Å²) in [6, 6.07) is 9.72. The van der Waals surface area contributed by atoms with Crippen molar-refractivity contribution in [2.24, 2.45) is 5.41 Å². The van der Waals surface area contributed by atoms with Crippen LogP contribution in [0.4, 0.5) is 0 Å². The SMILES string of the molecule is COC(=O)C(C)(C)C(=O)CCOCc1ccccc1. The molecule has 0 amide bonds.